The number of nitrogens with one attached hydrogen (secondary N) is 1. The summed E-state index contributed by atoms with van der Waals surface area (Å²) in [6.45, 7) is 7.35. The summed E-state index contributed by atoms with van der Waals surface area (Å²) in [7, 11) is 0. The van der Waals surface area contributed by atoms with E-state index in [0.29, 0.717) is 19.8 Å². The van der Waals surface area contributed by atoms with E-state index >= 15 is 0 Å². The van der Waals surface area contributed by atoms with E-state index in [1.165, 1.54) is 5.56 Å². The lowest BCUT2D eigenvalue weighted by Crippen LogP contribution is -2.33. The largest absolute Gasteiger partial charge is 0.491 e. The Labute approximate surface area is 128 Å². The molecular weight excluding hydrogens is 266 g/mol. The van der Waals surface area contributed by atoms with Gasteiger partial charge in [0.05, 0.1) is 6.61 Å². The molecule has 0 aliphatic heterocycles. The van der Waals surface area contributed by atoms with Gasteiger partial charge in [-0.25, -0.2) is 0 Å². The van der Waals surface area contributed by atoms with Crippen LogP contribution in [0.25, 0.3) is 0 Å². The fourth-order valence-electron chi connectivity index (χ4n) is 1.83. The van der Waals surface area contributed by atoms with Crippen LogP contribution >= 0.6 is 0 Å². The molecule has 0 aromatic heterocycles. The van der Waals surface area contributed by atoms with Gasteiger partial charge in [-0.3, -0.25) is 0 Å². The highest BCUT2D eigenvalue weighted by molar-refractivity contribution is 5.27. The second-order valence-corrected chi connectivity index (χ2v) is 5.13. The molecule has 0 amide bonds. The topological polar surface area (TPSA) is 50.7 Å². The molecule has 0 radical (unpaired) electrons. The average molecular weight is 295 g/mol. The Bertz CT molecular complexity index is 354. The molecule has 4 heteroatoms. The predicted octanol–water partition coefficient (Wildman–Crippen LogP) is 2.40. The van der Waals surface area contributed by atoms with Gasteiger partial charge in [0.25, 0.3) is 0 Å². The Morgan fingerprint density at radius 1 is 1.14 bits per heavy atom. The van der Waals surface area contributed by atoms with E-state index in [2.05, 4.69) is 19.2 Å². The maximum Gasteiger partial charge on any atom is 0.119 e. The van der Waals surface area contributed by atoms with E-state index in [0.717, 1.165) is 38.2 Å². The molecule has 1 aromatic carbocycles. The number of unbranched alkanes of at least 4 members (excludes halogenated alkanes) is 1. The third-order valence-corrected chi connectivity index (χ3v) is 3.22. The normalized spacial score (nSPS) is 12.3. The highest BCUT2D eigenvalue weighted by Gasteiger charge is 2.04. The van der Waals surface area contributed by atoms with Gasteiger partial charge < -0.3 is 19.9 Å². The zero-order valence-electron chi connectivity index (χ0n) is 13.3. The molecule has 0 heterocycles. The maximum atomic E-state index is 9.82. The Kier molecular flexibility index (Phi) is 9.87. The molecule has 0 bridgehead atoms. The van der Waals surface area contributed by atoms with Crippen molar-refractivity contribution in [1.29, 1.82) is 0 Å². The summed E-state index contributed by atoms with van der Waals surface area (Å²) < 4.78 is 11.0. The summed E-state index contributed by atoms with van der Waals surface area (Å²) in [4.78, 5) is 0. The van der Waals surface area contributed by atoms with Crippen molar-refractivity contribution >= 4 is 0 Å². The van der Waals surface area contributed by atoms with E-state index in [1.54, 1.807) is 0 Å². The number of benzene rings is 1. The maximum absolute atomic E-state index is 9.82. The van der Waals surface area contributed by atoms with Crippen molar-refractivity contribution in [2.24, 2.45) is 0 Å². The minimum atomic E-state index is -0.508. The molecule has 4 nitrogen and oxygen atoms in total. The molecule has 2 N–H and O–H groups in total. The second-order valence-electron chi connectivity index (χ2n) is 5.13. The van der Waals surface area contributed by atoms with Crippen molar-refractivity contribution < 1.29 is 14.6 Å². The van der Waals surface area contributed by atoms with Crippen molar-refractivity contribution in [3.63, 3.8) is 0 Å². The number of hydrogen-bond acceptors (Lipinski definition) is 4. The first-order valence-corrected chi connectivity index (χ1v) is 7.94. The van der Waals surface area contributed by atoms with Gasteiger partial charge in [-0.05, 0) is 30.5 Å². The molecule has 21 heavy (non-hydrogen) atoms. The molecule has 0 aliphatic rings. The number of aliphatic hydroxyl groups is 1. The van der Waals surface area contributed by atoms with Crippen molar-refractivity contribution in [3.05, 3.63) is 29.8 Å². The average Bonchev–Trinajstić information content (AvgIpc) is 2.52. The molecule has 0 aliphatic carbocycles. The number of ether oxygens (including phenoxy) is 2. The second kappa shape index (κ2) is 11.5. The van der Waals surface area contributed by atoms with Gasteiger partial charge in [-0.1, -0.05) is 32.4 Å². The molecule has 1 rings (SSSR count). The van der Waals surface area contributed by atoms with Crippen LogP contribution in [0.2, 0.25) is 0 Å². The van der Waals surface area contributed by atoms with Gasteiger partial charge in [0.2, 0.25) is 0 Å². The van der Waals surface area contributed by atoms with Crippen LogP contribution < -0.4 is 10.1 Å². The Hall–Kier alpha value is -1.10. The van der Waals surface area contributed by atoms with Crippen LogP contribution in [0.15, 0.2) is 24.3 Å². The lowest BCUT2D eigenvalue weighted by molar-refractivity contribution is 0.0982. The SMILES string of the molecule is CCCCOCCNCC(O)COc1ccc(CC)cc1. The number of hydrogen-bond donors (Lipinski definition) is 2. The highest BCUT2D eigenvalue weighted by atomic mass is 16.5. The fraction of sp³-hybridized carbons (Fsp3) is 0.647. The first-order chi connectivity index (χ1) is 10.3. The first kappa shape index (κ1) is 18.0. The van der Waals surface area contributed by atoms with Gasteiger partial charge >= 0.3 is 0 Å². The van der Waals surface area contributed by atoms with Crippen molar-refractivity contribution in [2.45, 2.75) is 39.2 Å². The molecule has 0 saturated carbocycles. The minimum Gasteiger partial charge on any atom is -0.491 e. The molecule has 1 atom stereocenters. The first-order valence-electron chi connectivity index (χ1n) is 7.94. The van der Waals surface area contributed by atoms with E-state index in [9.17, 15) is 5.11 Å². The van der Waals surface area contributed by atoms with Crippen LogP contribution in [-0.4, -0.2) is 44.1 Å². The summed E-state index contributed by atoms with van der Waals surface area (Å²) >= 11 is 0. The van der Waals surface area contributed by atoms with Crippen LogP contribution in [0.1, 0.15) is 32.3 Å². The third kappa shape index (κ3) is 8.71. The minimum absolute atomic E-state index is 0.301. The van der Waals surface area contributed by atoms with Gasteiger partial charge in [-0.15, -0.1) is 0 Å². The number of rotatable bonds is 12. The van der Waals surface area contributed by atoms with Gasteiger partial charge in [0.1, 0.15) is 18.5 Å². The van der Waals surface area contributed by atoms with E-state index < -0.39 is 6.10 Å². The van der Waals surface area contributed by atoms with E-state index in [4.69, 9.17) is 9.47 Å². The Balaban J connectivity index is 2.03. The van der Waals surface area contributed by atoms with Crippen LogP contribution in [0.4, 0.5) is 0 Å². The van der Waals surface area contributed by atoms with Crippen LogP contribution in [0.5, 0.6) is 5.75 Å². The van der Waals surface area contributed by atoms with Crippen molar-refractivity contribution in [3.8, 4) is 5.75 Å². The van der Waals surface area contributed by atoms with Crippen molar-refractivity contribution in [1.82, 2.24) is 5.32 Å². The Morgan fingerprint density at radius 2 is 1.90 bits per heavy atom. The highest BCUT2D eigenvalue weighted by Crippen LogP contribution is 2.12. The van der Waals surface area contributed by atoms with E-state index in [1.807, 2.05) is 24.3 Å². The zero-order chi connectivity index (χ0) is 15.3. The molecule has 0 fully saturated rings. The monoisotopic (exact) mass is 295 g/mol. The fourth-order valence-corrected chi connectivity index (χ4v) is 1.83. The summed E-state index contributed by atoms with van der Waals surface area (Å²) in [5, 5.41) is 13.0. The quantitative estimate of drug-likeness (QED) is 0.581. The molecule has 1 unspecified atom stereocenters. The van der Waals surface area contributed by atoms with Gasteiger partial charge in [0, 0.05) is 19.7 Å². The molecule has 1 aromatic rings. The van der Waals surface area contributed by atoms with Crippen LogP contribution in [-0.2, 0) is 11.2 Å². The molecule has 0 spiro atoms. The molecule has 0 saturated heterocycles. The van der Waals surface area contributed by atoms with Gasteiger partial charge in [0.15, 0.2) is 0 Å². The lowest BCUT2D eigenvalue weighted by Gasteiger charge is -2.13. The smallest absolute Gasteiger partial charge is 0.119 e. The third-order valence-electron chi connectivity index (χ3n) is 3.22. The van der Waals surface area contributed by atoms with Gasteiger partial charge in [-0.2, -0.15) is 0 Å². The predicted molar refractivity (Wildman–Crippen MR) is 85.9 cm³/mol. The lowest BCUT2D eigenvalue weighted by atomic mass is 10.2. The summed E-state index contributed by atoms with van der Waals surface area (Å²) in [5.74, 6) is 0.800. The molecule has 120 valence electrons. The summed E-state index contributed by atoms with van der Waals surface area (Å²) in [6.07, 6.45) is 2.77. The standard InChI is InChI=1S/C17H29NO3/c1-3-5-11-20-12-10-18-13-16(19)14-21-17-8-6-15(4-2)7-9-17/h6-9,16,18-19H,3-5,10-14H2,1-2H3. The van der Waals surface area contributed by atoms with Crippen molar-refractivity contribution in [2.75, 3.05) is 32.9 Å². The van der Waals surface area contributed by atoms with Crippen LogP contribution in [0, 0.1) is 0 Å². The molecular formula is C17H29NO3. The van der Waals surface area contributed by atoms with E-state index in [-0.39, 0.29) is 0 Å². The number of aliphatic hydroxyl groups excluding tert-OH is 1. The zero-order valence-corrected chi connectivity index (χ0v) is 13.3. The summed E-state index contributed by atoms with van der Waals surface area (Å²) in [6, 6.07) is 7.99. The van der Waals surface area contributed by atoms with Crippen LogP contribution in [0.3, 0.4) is 0 Å². The summed E-state index contributed by atoms with van der Waals surface area (Å²) in [5.41, 5.74) is 1.28. The number of aryl methyl sites for hydroxylation is 1. The Morgan fingerprint density at radius 3 is 2.57 bits per heavy atom.